The van der Waals surface area contributed by atoms with Crippen molar-refractivity contribution >= 4 is 0 Å². The van der Waals surface area contributed by atoms with Gasteiger partial charge in [-0.1, -0.05) is 18.2 Å². The Bertz CT molecular complexity index is 1030. The van der Waals surface area contributed by atoms with Gasteiger partial charge in [0.1, 0.15) is 0 Å². The Balaban J connectivity index is 1.76. The molecule has 4 rings (SSSR count). The first-order chi connectivity index (χ1) is 15.0. The number of nitrogens with zero attached hydrogens (tertiary/aromatic N) is 2. The van der Waals surface area contributed by atoms with Gasteiger partial charge in [-0.05, 0) is 66.8 Å². The summed E-state index contributed by atoms with van der Waals surface area (Å²) in [6.45, 7) is 7.20. The molecule has 0 aliphatic carbocycles. The fourth-order valence-electron chi connectivity index (χ4n) is 4.59. The lowest BCUT2D eigenvalue weighted by Crippen LogP contribution is -2.29. The first-order valence-electron chi connectivity index (χ1n) is 10.8. The predicted molar refractivity (Wildman–Crippen MR) is 123 cm³/mol. The van der Waals surface area contributed by atoms with E-state index in [-0.39, 0.29) is 6.04 Å². The van der Waals surface area contributed by atoms with Crippen molar-refractivity contribution in [3.63, 3.8) is 0 Å². The van der Waals surface area contributed by atoms with Crippen molar-refractivity contribution in [3.05, 3.63) is 76.6 Å². The Morgan fingerprint density at radius 2 is 1.61 bits per heavy atom. The molecule has 2 aromatic carbocycles. The highest BCUT2D eigenvalue weighted by molar-refractivity contribution is 5.54. The van der Waals surface area contributed by atoms with E-state index < -0.39 is 0 Å². The van der Waals surface area contributed by atoms with E-state index in [1.807, 2.05) is 0 Å². The fourth-order valence-corrected chi connectivity index (χ4v) is 4.59. The van der Waals surface area contributed by atoms with Crippen LogP contribution in [-0.4, -0.2) is 37.3 Å². The summed E-state index contributed by atoms with van der Waals surface area (Å²) in [4.78, 5) is 2.56. The van der Waals surface area contributed by atoms with Gasteiger partial charge in [-0.2, -0.15) is 0 Å². The van der Waals surface area contributed by atoms with Crippen LogP contribution in [0.3, 0.4) is 0 Å². The topological polar surface area (TPSA) is 35.9 Å². The second-order valence-corrected chi connectivity index (χ2v) is 8.23. The normalized spacial score (nSPS) is 16.5. The average Bonchev–Trinajstić information content (AvgIpc) is 3.16. The summed E-state index contributed by atoms with van der Waals surface area (Å²) >= 11 is 0. The number of aromatic nitrogens is 1. The van der Waals surface area contributed by atoms with E-state index in [4.69, 9.17) is 14.2 Å². The number of methoxy groups -OCH3 is 3. The van der Waals surface area contributed by atoms with Crippen LogP contribution >= 0.6 is 0 Å². The number of aryl methyl sites for hydroxylation is 3. The van der Waals surface area contributed by atoms with Gasteiger partial charge in [-0.3, -0.25) is 4.90 Å². The van der Waals surface area contributed by atoms with Crippen LogP contribution in [0, 0.1) is 13.8 Å². The van der Waals surface area contributed by atoms with E-state index in [1.54, 1.807) is 21.3 Å². The Morgan fingerprint density at radius 1 is 0.871 bits per heavy atom. The first kappa shape index (κ1) is 21.3. The van der Waals surface area contributed by atoms with Crippen LogP contribution in [0.15, 0.2) is 48.7 Å². The smallest absolute Gasteiger partial charge is 0.203 e. The molecule has 1 aliphatic heterocycles. The largest absolute Gasteiger partial charge is 0.493 e. The summed E-state index contributed by atoms with van der Waals surface area (Å²) in [5, 5.41) is 0. The van der Waals surface area contributed by atoms with Gasteiger partial charge in [0.15, 0.2) is 11.5 Å². The van der Waals surface area contributed by atoms with Crippen molar-refractivity contribution in [1.29, 1.82) is 0 Å². The maximum absolute atomic E-state index is 5.59. The van der Waals surface area contributed by atoms with Crippen molar-refractivity contribution in [2.75, 3.05) is 27.9 Å². The van der Waals surface area contributed by atoms with Gasteiger partial charge in [0.05, 0.1) is 27.4 Å². The molecule has 0 saturated heterocycles. The zero-order valence-corrected chi connectivity index (χ0v) is 19.1. The zero-order valence-electron chi connectivity index (χ0n) is 19.1. The van der Waals surface area contributed by atoms with E-state index in [0.717, 1.165) is 31.6 Å². The van der Waals surface area contributed by atoms with Gasteiger partial charge in [0.25, 0.3) is 0 Å². The molecule has 5 heteroatoms. The monoisotopic (exact) mass is 420 g/mol. The molecule has 0 N–H and O–H groups in total. The van der Waals surface area contributed by atoms with Crippen LogP contribution in [0.25, 0.3) is 0 Å². The number of hydrogen-bond donors (Lipinski definition) is 0. The molecule has 31 heavy (non-hydrogen) atoms. The highest BCUT2D eigenvalue weighted by atomic mass is 16.5. The molecule has 1 atom stereocenters. The van der Waals surface area contributed by atoms with E-state index in [2.05, 4.69) is 72.0 Å². The third-order valence-corrected chi connectivity index (χ3v) is 6.31. The lowest BCUT2D eigenvalue weighted by atomic mass is 9.97. The number of hydrogen-bond acceptors (Lipinski definition) is 4. The molecule has 1 unspecified atom stereocenters. The van der Waals surface area contributed by atoms with Crippen LogP contribution in [0.2, 0.25) is 0 Å². The standard InChI is InChI=1S/C26H32N2O3/c1-18-9-10-21(14-19(18)2)25-22-8-6-11-27(22)12-7-13-28(25)17-20-15-23(29-3)26(31-5)24(16-20)30-4/h6,8-11,14-16,25H,7,12-13,17H2,1-5H3. The van der Waals surface area contributed by atoms with E-state index in [9.17, 15) is 0 Å². The second kappa shape index (κ2) is 9.06. The van der Waals surface area contributed by atoms with Crippen LogP contribution < -0.4 is 14.2 Å². The fraction of sp³-hybridized carbons (Fsp3) is 0.385. The molecule has 2 heterocycles. The van der Waals surface area contributed by atoms with Crippen molar-refractivity contribution in [3.8, 4) is 17.2 Å². The van der Waals surface area contributed by atoms with Gasteiger partial charge in [0, 0.05) is 31.5 Å². The van der Waals surface area contributed by atoms with Crippen molar-refractivity contribution in [2.45, 2.75) is 39.4 Å². The first-order valence-corrected chi connectivity index (χ1v) is 10.8. The minimum Gasteiger partial charge on any atom is -0.493 e. The minimum atomic E-state index is 0.191. The summed E-state index contributed by atoms with van der Waals surface area (Å²) in [6.07, 6.45) is 3.31. The maximum atomic E-state index is 5.59. The molecule has 0 radical (unpaired) electrons. The van der Waals surface area contributed by atoms with E-state index in [1.165, 1.54) is 22.4 Å². The quantitative estimate of drug-likeness (QED) is 0.554. The maximum Gasteiger partial charge on any atom is 0.203 e. The molecular weight excluding hydrogens is 388 g/mol. The summed E-state index contributed by atoms with van der Waals surface area (Å²) in [6, 6.07) is 15.6. The number of ether oxygens (including phenoxy) is 3. The van der Waals surface area contributed by atoms with Crippen LogP contribution in [0.4, 0.5) is 0 Å². The van der Waals surface area contributed by atoms with Gasteiger partial charge in [-0.25, -0.2) is 0 Å². The van der Waals surface area contributed by atoms with Crippen molar-refractivity contribution in [2.24, 2.45) is 0 Å². The Kier molecular flexibility index (Phi) is 6.23. The van der Waals surface area contributed by atoms with Gasteiger partial charge < -0.3 is 18.8 Å². The highest BCUT2D eigenvalue weighted by Gasteiger charge is 2.28. The second-order valence-electron chi connectivity index (χ2n) is 8.23. The van der Waals surface area contributed by atoms with Crippen LogP contribution in [-0.2, 0) is 13.1 Å². The lowest BCUT2D eigenvalue weighted by molar-refractivity contribution is 0.219. The molecular formula is C26H32N2O3. The molecule has 5 nitrogen and oxygen atoms in total. The van der Waals surface area contributed by atoms with E-state index >= 15 is 0 Å². The summed E-state index contributed by atoms with van der Waals surface area (Å²) in [5.41, 5.74) is 6.46. The lowest BCUT2D eigenvalue weighted by Gasteiger charge is -2.31. The summed E-state index contributed by atoms with van der Waals surface area (Å²) < 4.78 is 19.1. The number of fused-ring (bicyclic) bond motifs is 1. The summed E-state index contributed by atoms with van der Waals surface area (Å²) in [7, 11) is 4.97. The number of rotatable bonds is 6. The third kappa shape index (κ3) is 4.15. The van der Waals surface area contributed by atoms with Crippen LogP contribution in [0.1, 0.15) is 40.4 Å². The van der Waals surface area contributed by atoms with Crippen LogP contribution in [0.5, 0.6) is 17.2 Å². The molecule has 0 amide bonds. The molecule has 0 fully saturated rings. The summed E-state index contributed by atoms with van der Waals surface area (Å²) in [5.74, 6) is 2.01. The third-order valence-electron chi connectivity index (χ3n) is 6.31. The average molecular weight is 421 g/mol. The molecule has 1 aromatic heterocycles. The Labute approximate surface area is 185 Å². The molecule has 1 aliphatic rings. The van der Waals surface area contributed by atoms with Gasteiger partial charge in [-0.15, -0.1) is 0 Å². The van der Waals surface area contributed by atoms with Gasteiger partial charge >= 0.3 is 0 Å². The highest BCUT2D eigenvalue weighted by Crippen LogP contribution is 2.40. The number of benzene rings is 2. The molecule has 0 bridgehead atoms. The van der Waals surface area contributed by atoms with Crippen molar-refractivity contribution < 1.29 is 14.2 Å². The Morgan fingerprint density at radius 3 is 2.26 bits per heavy atom. The molecule has 0 saturated carbocycles. The molecule has 0 spiro atoms. The molecule has 3 aromatic rings. The van der Waals surface area contributed by atoms with Gasteiger partial charge in [0.2, 0.25) is 5.75 Å². The van der Waals surface area contributed by atoms with Crippen molar-refractivity contribution in [1.82, 2.24) is 9.47 Å². The predicted octanol–water partition coefficient (Wildman–Crippen LogP) is 5.13. The molecule has 164 valence electrons. The Hall–Kier alpha value is -2.92. The zero-order chi connectivity index (χ0) is 22.0. The van der Waals surface area contributed by atoms with E-state index in [0.29, 0.717) is 17.2 Å². The minimum absolute atomic E-state index is 0.191. The SMILES string of the molecule is COc1cc(CN2CCCn3cccc3C2c2ccc(C)c(C)c2)cc(OC)c1OC.